The Labute approximate surface area is 180 Å². The van der Waals surface area contributed by atoms with Crippen molar-refractivity contribution in [2.24, 2.45) is 0 Å². The third kappa shape index (κ3) is 5.27. The van der Waals surface area contributed by atoms with Gasteiger partial charge in [0.2, 0.25) is 0 Å². The summed E-state index contributed by atoms with van der Waals surface area (Å²) < 4.78 is 23.8. The Morgan fingerprint density at radius 2 is 2.06 bits per heavy atom. The number of Topliss-reactive ketones (excluding diaryl/α,β-unsaturated/α-hetero) is 1. The van der Waals surface area contributed by atoms with Crippen LogP contribution in [0.25, 0.3) is 11.2 Å². The summed E-state index contributed by atoms with van der Waals surface area (Å²) in [6.45, 7) is -0.673. The molecule has 1 fully saturated rings. The van der Waals surface area contributed by atoms with E-state index in [1.165, 1.54) is 17.2 Å². The zero-order valence-corrected chi connectivity index (χ0v) is 17.5. The summed E-state index contributed by atoms with van der Waals surface area (Å²) in [5.74, 6) is -2.10. The summed E-state index contributed by atoms with van der Waals surface area (Å²) >= 11 is 0. The van der Waals surface area contributed by atoms with Crippen LogP contribution in [0.4, 0.5) is 5.82 Å². The molecule has 0 radical (unpaired) electrons. The van der Waals surface area contributed by atoms with Gasteiger partial charge in [-0.1, -0.05) is 0 Å². The fraction of sp³-hybridized carbons (Fsp3) is 0.562. The molecule has 0 spiro atoms. The first-order valence-electron chi connectivity index (χ1n) is 9.45. The highest BCUT2D eigenvalue weighted by Gasteiger charge is 2.45. The maximum absolute atomic E-state index is 12.1. The van der Waals surface area contributed by atoms with E-state index in [4.69, 9.17) is 15.0 Å². The molecule has 0 amide bonds. The number of hydrogen-bond acceptors (Lipinski definition) is 13. The Morgan fingerprint density at radius 3 is 2.75 bits per heavy atom. The van der Waals surface area contributed by atoms with Crippen LogP contribution in [0.3, 0.4) is 0 Å². The van der Waals surface area contributed by atoms with Gasteiger partial charge in [-0.3, -0.25) is 9.36 Å². The predicted octanol–water partition coefficient (Wildman–Crippen LogP) is -4.69. The largest absolute Gasteiger partial charge is 0.778 e. The second-order valence-corrected chi connectivity index (χ2v) is 9.06. The van der Waals surface area contributed by atoms with Crippen LogP contribution in [0.1, 0.15) is 19.1 Å². The van der Waals surface area contributed by atoms with Crippen molar-refractivity contribution >= 4 is 36.3 Å². The van der Waals surface area contributed by atoms with E-state index in [2.05, 4.69) is 20.7 Å². The molecule has 176 valence electrons. The van der Waals surface area contributed by atoms with Gasteiger partial charge in [0.25, 0.3) is 0 Å². The van der Waals surface area contributed by atoms with Crippen molar-refractivity contribution in [3.8, 4) is 0 Å². The number of carboxylic acid groups (broad SMARTS) is 1. The molecule has 16 heteroatoms. The number of fused-ring (bicyclic) bond motifs is 1. The van der Waals surface area contributed by atoms with Crippen LogP contribution < -0.4 is 21.5 Å². The number of rotatable bonds is 10. The van der Waals surface area contributed by atoms with Gasteiger partial charge in [-0.05, 0) is 6.42 Å². The van der Waals surface area contributed by atoms with Crippen LogP contribution in [0.2, 0.25) is 0 Å². The summed E-state index contributed by atoms with van der Waals surface area (Å²) in [5, 5.41) is 31.1. The molecule has 1 aliphatic rings. The minimum Gasteiger partial charge on any atom is -0.778 e. The van der Waals surface area contributed by atoms with E-state index in [9.17, 15) is 34.4 Å². The van der Waals surface area contributed by atoms with Crippen LogP contribution in [0.15, 0.2) is 12.7 Å². The first-order chi connectivity index (χ1) is 15.0. The van der Waals surface area contributed by atoms with Crippen LogP contribution >= 0.6 is 7.60 Å². The fourth-order valence-corrected chi connectivity index (χ4v) is 4.26. The van der Waals surface area contributed by atoms with Gasteiger partial charge in [-0.15, -0.1) is 0 Å². The molecule has 7 N–H and O–H groups in total. The Morgan fingerprint density at radius 1 is 1.34 bits per heavy atom. The van der Waals surface area contributed by atoms with E-state index in [1.54, 1.807) is 0 Å². The van der Waals surface area contributed by atoms with Gasteiger partial charge < -0.3 is 50.3 Å². The first-order valence-corrected chi connectivity index (χ1v) is 11.2. The summed E-state index contributed by atoms with van der Waals surface area (Å²) in [4.78, 5) is 46.4. The van der Waals surface area contributed by atoms with Crippen LogP contribution in [-0.2, 0) is 23.4 Å². The van der Waals surface area contributed by atoms with Crippen molar-refractivity contribution in [1.82, 2.24) is 19.5 Å². The third-order valence-electron chi connectivity index (χ3n) is 4.94. The average molecular weight is 473 g/mol. The maximum Gasteiger partial charge on any atom is 0.198 e. The van der Waals surface area contributed by atoms with Gasteiger partial charge in [-0.2, -0.15) is 0 Å². The lowest BCUT2D eigenvalue weighted by Crippen LogP contribution is -2.65. The predicted molar refractivity (Wildman–Crippen MR) is 100 cm³/mol. The van der Waals surface area contributed by atoms with E-state index in [1.807, 2.05) is 0 Å². The molecule has 0 bridgehead atoms. The number of nitrogen functional groups attached to an aromatic ring is 1. The number of hydrogen-bond donors (Lipinski definition) is 4. The minimum atomic E-state index is -4.71. The van der Waals surface area contributed by atoms with Gasteiger partial charge in [-0.25, -0.2) is 15.0 Å². The maximum atomic E-state index is 12.1. The van der Waals surface area contributed by atoms with Crippen molar-refractivity contribution < 1.29 is 49.4 Å². The van der Waals surface area contributed by atoms with Crippen molar-refractivity contribution in [3.63, 3.8) is 0 Å². The number of carbonyl (C=O) groups is 2. The topological polar surface area (TPSA) is 254 Å². The zero-order chi connectivity index (χ0) is 23.6. The average Bonchev–Trinajstić information content (AvgIpc) is 3.27. The number of anilines is 1. The summed E-state index contributed by atoms with van der Waals surface area (Å²) in [6.07, 6.45) is -4.58. The quantitative estimate of drug-likeness (QED) is 0.237. The van der Waals surface area contributed by atoms with Gasteiger partial charge >= 0.3 is 0 Å². The first kappa shape index (κ1) is 24.1. The van der Waals surface area contributed by atoms with Crippen molar-refractivity contribution in [2.75, 3.05) is 18.5 Å². The van der Waals surface area contributed by atoms with Crippen LogP contribution in [0, 0.1) is 0 Å². The number of quaternary nitrogens is 1. The molecular weight excluding hydrogens is 451 g/mol. The summed E-state index contributed by atoms with van der Waals surface area (Å²) in [5.41, 5.74) is 9.64. The standard InChI is InChI=1S/C16H23N6O9P/c17-7(1-2-10(24)25)8(23)4-32(28,29)30-3-9-12(26)13(27)16(31-9)22-6-21-11-14(18)19-5-20-15(11)22/h5-7,9,12-13,16,26-27H,1-4,17H2,(H,24,25)(H,28,29)(H2,18,19,20)/p-1/t7-,9+,12+,13+,16+/m0/s1. The van der Waals surface area contributed by atoms with E-state index in [0.29, 0.717) is 0 Å². The molecular formula is C16H22N6O9P-. The molecule has 3 heterocycles. The fourth-order valence-electron chi connectivity index (χ4n) is 3.16. The van der Waals surface area contributed by atoms with E-state index >= 15 is 0 Å². The van der Waals surface area contributed by atoms with E-state index in [-0.39, 0.29) is 23.4 Å². The Kier molecular flexibility index (Phi) is 7.19. The molecule has 15 nitrogen and oxygen atoms in total. The molecule has 0 aromatic carbocycles. The molecule has 1 saturated heterocycles. The molecule has 6 atom stereocenters. The number of aliphatic hydroxyl groups excluding tert-OH is 2. The summed E-state index contributed by atoms with van der Waals surface area (Å²) in [7, 11) is -4.71. The molecule has 2 aromatic rings. The van der Waals surface area contributed by atoms with Gasteiger partial charge in [0.05, 0.1) is 19.1 Å². The molecule has 1 aliphatic heterocycles. The third-order valence-corrected chi connectivity index (χ3v) is 6.18. The summed E-state index contributed by atoms with van der Waals surface area (Å²) in [6, 6.07) is -1.07. The number of aliphatic carboxylic acids is 1. The Balaban J connectivity index is 1.61. The Hall–Kier alpha value is -2.52. The lowest BCUT2D eigenvalue weighted by atomic mass is 10.1. The smallest absolute Gasteiger partial charge is 0.198 e. The second kappa shape index (κ2) is 9.54. The monoisotopic (exact) mass is 473 g/mol. The van der Waals surface area contributed by atoms with E-state index in [0.717, 1.165) is 0 Å². The SMILES string of the molecule is Nc1ncnc2c1ncn2[C@@H]1O[C@H](COP(=O)([O-])CC(=O)[C@@H]([NH3+])CCC(=O)[O-])[C@@H](O)[C@H]1O. The number of carbonyl (C=O) groups excluding carboxylic acids is 2. The van der Waals surface area contributed by atoms with Crippen molar-refractivity contribution in [3.05, 3.63) is 12.7 Å². The highest BCUT2D eigenvalue weighted by atomic mass is 31.2. The van der Waals surface area contributed by atoms with Crippen LogP contribution in [0.5, 0.6) is 0 Å². The Bertz CT molecular complexity index is 1050. The van der Waals surface area contributed by atoms with Crippen molar-refractivity contribution in [2.45, 2.75) is 43.4 Å². The second-order valence-electron chi connectivity index (χ2n) is 7.27. The number of imidazole rings is 1. The molecule has 1 unspecified atom stereocenters. The van der Waals surface area contributed by atoms with E-state index < -0.39 is 69.1 Å². The van der Waals surface area contributed by atoms with Crippen LogP contribution in [-0.4, -0.2) is 78.6 Å². The van der Waals surface area contributed by atoms with Gasteiger partial charge in [0.15, 0.2) is 23.5 Å². The highest BCUT2D eigenvalue weighted by molar-refractivity contribution is 7.52. The minimum absolute atomic E-state index is 0.0990. The lowest BCUT2D eigenvalue weighted by Gasteiger charge is -2.25. The number of nitrogens with zero attached hydrogens (tertiary/aromatic N) is 4. The molecule has 3 rings (SSSR count). The number of aliphatic hydroxyl groups is 2. The zero-order valence-electron chi connectivity index (χ0n) is 16.6. The van der Waals surface area contributed by atoms with Gasteiger partial charge in [0, 0.05) is 12.4 Å². The number of ketones is 1. The number of aromatic nitrogens is 4. The molecule has 2 aromatic heterocycles. The molecule has 0 saturated carbocycles. The number of ether oxygens (including phenoxy) is 1. The number of nitrogens with two attached hydrogens (primary N) is 1. The van der Waals surface area contributed by atoms with Crippen molar-refractivity contribution in [1.29, 1.82) is 0 Å². The molecule has 32 heavy (non-hydrogen) atoms. The number of carboxylic acids is 1. The normalized spacial score (nSPS) is 26.1. The van der Waals surface area contributed by atoms with Gasteiger partial charge in [0.1, 0.15) is 43.8 Å². The lowest BCUT2D eigenvalue weighted by molar-refractivity contribution is -0.405. The molecule has 0 aliphatic carbocycles. The highest BCUT2D eigenvalue weighted by Crippen LogP contribution is 2.39.